The minimum Gasteiger partial charge on any atom is -0.381 e. The number of hydrogen-bond donors (Lipinski definition) is 1. The van der Waals surface area contributed by atoms with E-state index >= 15 is 0 Å². The molecule has 0 bridgehead atoms. The van der Waals surface area contributed by atoms with Gasteiger partial charge in [-0.1, -0.05) is 6.92 Å². The van der Waals surface area contributed by atoms with E-state index in [9.17, 15) is 19.6 Å². The molecule has 2 saturated carbocycles. The number of fused-ring (bicyclic) bond motifs is 2. The molecule has 10 nitrogen and oxygen atoms in total. The normalized spacial score (nSPS) is 31.6. The number of aromatic nitrogens is 2. The third-order valence-electron chi connectivity index (χ3n) is 8.71. The van der Waals surface area contributed by atoms with Crippen LogP contribution in [0.25, 0.3) is 0 Å². The van der Waals surface area contributed by atoms with E-state index in [-0.39, 0.29) is 48.1 Å². The summed E-state index contributed by atoms with van der Waals surface area (Å²) in [6.07, 6.45) is 5.36. The number of likely N-dealkylation sites (tertiary alicyclic amines) is 1. The molecule has 4 fully saturated rings. The first kappa shape index (κ1) is 23.5. The van der Waals surface area contributed by atoms with Crippen LogP contribution in [-0.2, 0) is 14.3 Å². The number of hydrogen-bond acceptors (Lipinski definition) is 6. The van der Waals surface area contributed by atoms with Crippen LogP contribution >= 0.6 is 0 Å². The van der Waals surface area contributed by atoms with Crippen molar-refractivity contribution in [1.82, 2.24) is 20.0 Å². The van der Waals surface area contributed by atoms with Crippen LogP contribution in [-0.4, -0.2) is 70.3 Å². The third-order valence-corrected chi connectivity index (χ3v) is 8.71. The van der Waals surface area contributed by atoms with Gasteiger partial charge in [-0.2, -0.15) is 10.4 Å². The van der Waals surface area contributed by atoms with Crippen molar-refractivity contribution in [2.45, 2.75) is 88.9 Å². The van der Waals surface area contributed by atoms with Crippen LogP contribution in [0.15, 0.2) is 0 Å². The van der Waals surface area contributed by atoms with Crippen LogP contribution in [0.5, 0.6) is 0 Å². The predicted octanol–water partition coefficient (Wildman–Crippen LogP) is 2.12. The number of anilines is 1. The van der Waals surface area contributed by atoms with Gasteiger partial charge < -0.3 is 15.0 Å². The van der Waals surface area contributed by atoms with Crippen LogP contribution < -0.4 is 10.2 Å². The van der Waals surface area contributed by atoms with Crippen LogP contribution in [0.3, 0.4) is 0 Å². The van der Waals surface area contributed by atoms with Gasteiger partial charge in [0.15, 0.2) is 5.69 Å². The van der Waals surface area contributed by atoms with E-state index < -0.39 is 12.1 Å². The Morgan fingerprint density at radius 1 is 1.14 bits per heavy atom. The van der Waals surface area contributed by atoms with Gasteiger partial charge in [-0.25, -0.2) is 4.68 Å². The molecule has 5 atom stereocenters. The minimum absolute atomic E-state index is 0.0246. The monoisotopic (exact) mass is 494 g/mol. The first-order chi connectivity index (χ1) is 17.5. The molecule has 4 heterocycles. The van der Waals surface area contributed by atoms with Crippen molar-refractivity contribution < 1.29 is 19.1 Å². The van der Waals surface area contributed by atoms with Crippen LogP contribution in [0.2, 0.25) is 0 Å². The average molecular weight is 495 g/mol. The minimum atomic E-state index is -0.713. The molecule has 2 saturated heterocycles. The van der Waals surface area contributed by atoms with E-state index in [1.54, 1.807) is 16.7 Å². The summed E-state index contributed by atoms with van der Waals surface area (Å²) >= 11 is 0. The quantitative estimate of drug-likeness (QED) is 0.647. The van der Waals surface area contributed by atoms with Crippen molar-refractivity contribution in [3.8, 4) is 6.07 Å². The van der Waals surface area contributed by atoms with Gasteiger partial charge in [0.2, 0.25) is 5.91 Å². The summed E-state index contributed by atoms with van der Waals surface area (Å²) in [4.78, 5) is 44.0. The van der Waals surface area contributed by atoms with Crippen LogP contribution in [0, 0.1) is 23.2 Å². The van der Waals surface area contributed by atoms with E-state index in [1.165, 1.54) is 0 Å². The molecule has 5 aliphatic rings. The number of nitriles is 1. The Balaban J connectivity index is 1.51. The molecule has 1 aromatic heterocycles. The molecule has 6 rings (SSSR count). The van der Waals surface area contributed by atoms with Gasteiger partial charge in [-0.15, -0.1) is 0 Å². The van der Waals surface area contributed by atoms with E-state index in [2.05, 4.69) is 11.4 Å². The molecule has 192 valence electrons. The number of ether oxygens (including phenoxy) is 1. The zero-order valence-corrected chi connectivity index (χ0v) is 21.0. The van der Waals surface area contributed by atoms with Gasteiger partial charge >= 0.3 is 0 Å². The lowest BCUT2D eigenvalue weighted by Crippen LogP contribution is -2.56. The maximum atomic E-state index is 14.2. The lowest BCUT2D eigenvalue weighted by Gasteiger charge is -2.39. The number of nitrogens with zero attached hydrogens (tertiary/aromatic N) is 5. The summed E-state index contributed by atoms with van der Waals surface area (Å²) in [5, 5.41) is 17.7. The molecular weight excluding hydrogens is 460 g/mol. The molecule has 3 aliphatic heterocycles. The third kappa shape index (κ3) is 3.62. The fourth-order valence-electron chi connectivity index (χ4n) is 6.63. The van der Waals surface area contributed by atoms with Crippen LogP contribution in [0.1, 0.15) is 86.8 Å². The van der Waals surface area contributed by atoms with E-state index in [0.717, 1.165) is 44.1 Å². The highest BCUT2D eigenvalue weighted by molar-refractivity contribution is 6.05. The number of amides is 3. The molecule has 0 aromatic carbocycles. The number of rotatable bonds is 6. The Kier molecular flexibility index (Phi) is 5.78. The second kappa shape index (κ2) is 8.87. The first-order valence-electron chi connectivity index (χ1n) is 13.5. The van der Waals surface area contributed by atoms with Crippen molar-refractivity contribution in [2.24, 2.45) is 11.8 Å². The second-order valence-corrected chi connectivity index (χ2v) is 10.9. The van der Waals surface area contributed by atoms with Gasteiger partial charge in [0.05, 0.1) is 12.1 Å². The SMILES string of the molecule is CCC(=O)N[C@@H]1C(=O)N(CC)c2c(c(C(=O)N3[C@H](C#N)C[C@H]4C[C@H]43)nn2C2CCOCC2)[C@@H]1C1CC1. The molecule has 2 aliphatic carbocycles. The highest BCUT2D eigenvalue weighted by Gasteiger charge is 2.57. The Hall–Kier alpha value is -2.93. The Bertz CT molecular complexity index is 1130. The molecule has 0 radical (unpaired) electrons. The maximum absolute atomic E-state index is 14.2. The largest absolute Gasteiger partial charge is 0.381 e. The van der Waals surface area contributed by atoms with E-state index in [0.29, 0.717) is 37.2 Å². The molecule has 0 spiro atoms. The fraction of sp³-hybridized carbons (Fsp3) is 0.731. The van der Waals surface area contributed by atoms with Gasteiger partial charge in [-0.3, -0.25) is 19.3 Å². The summed E-state index contributed by atoms with van der Waals surface area (Å²) in [6.45, 7) is 5.32. The number of nitrogens with one attached hydrogen (secondary N) is 1. The number of carbonyl (C=O) groups is 3. The van der Waals surface area contributed by atoms with Crippen molar-refractivity contribution in [3.05, 3.63) is 11.3 Å². The summed E-state index contributed by atoms with van der Waals surface area (Å²) in [5.74, 6) is 0.518. The standard InChI is InChI=1S/C26H34N6O4/c1-3-19(33)28-22-20(14-5-6-14)21-23(26(35)31-17(13-27)11-15-12-18(15)31)29-32(16-7-9-36-10-8-16)24(21)30(4-2)25(22)34/h14-18,20,22H,3-12H2,1-2H3,(H,28,33)/t15-,17-,18+,20-,22-/m0/s1. The zero-order valence-electron chi connectivity index (χ0n) is 21.0. The average Bonchev–Trinajstić information content (AvgIpc) is 3.82. The first-order valence-corrected chi connectivity index (χ1v) is 13.5. The summed E-state index contributed by atoms with van der Waals surface area (Å²) < 4.78 is 7.49. The van der Waals surface area contributed by atoms with Crippen molar-refractivity contribution >= 4 is 23.5 Å². The molecule has 3 amide bonds. The lowest BCUT2D eigenvalue weighted by atomic mass is 9.82. The Morgan fingerprint density at radius 2 is 1.89 bits per heavy atom. The highest BCUT2D eigenvalue weighted by Crippen LogP contribution is 2.53. The highest BCUT2D eigenvalue weighted by atomic mass is 16.5. The lowest BCUT2D eigenvalue weighted by molar-refractivity contribution is -0.128. The number of likely N-dealkylation sites (N-methyl/N-ethyl adjacent to an activating group) is 1. The van der Waals surface area contributed by atoms with Gasteiger partial charge in [0, 0.05) is 43.7 Å². The fourth-order valence-corrected chi connectivity index (χ4v) is 6.63. The van der Waals surface area contributed by atoms with Gasteiger partial charge in [0.1, 0.15) is 17.9 Å². The molecule has 10 heteroatoms. The Labute approximate surface area is 210 Å². The van der Waals surface area contributed by atoms with Crippen molar-refractivity contribution in [2.75, 3.05) is 24.7 Å². The predicted molar refractivity (Wildman–Crippen MR) is 129 cm³/mol. The molecule has 0 unspecified atom stereocenters. The molecular formula is C26H34N6O4. The summed E-state index contributed by atoms with van der Waals surface area (Å²) in [5.41, 5.74) is 1.15. The van der Waals surface area contributed by atoms with Gasteiger partial charge in [-0.05, 0) is 57.3 Å². The number of piperidine rings is 1. The second-order valence-electron chi connectivity index (χ2n) is 10.9. The molecule has 1 N–H and O–H groups in total. The van der Waals surface area contributed by atoms with Crippen molar-refractivity contribution in [1.29, 1.82) is 5.26 Å². The smallest absolute Gasteiger partial charge is 0.276 e. The topological polar surface area (TPSA) is 121 Å². The zero-order chi connectivity index (χ0) is 25.1. The molecule has 36 heavy (non-hydrogen) atoms. The van der Waals surface area contributed by atoms with Crippen molar-refractivity contribution in [3.63, 3.8) is 0 Å². The number of carbonyl (C=O) groups excluding carboxylic acids is 3. The summed E-state index contributed by atoms with van der Waals surface area (Å²) in [6, 6.07) is 1.30. The van der Waals surface area contributed by atoms with Crippen LogP contribution in [0.4, 0.5) is 5.82 Å². The summed E-state index contributed by atoms with van der Waals surface area (Å²) in [7, 11) is 0. The maximum Gasteiger partial charge on any atom is 0.276 e. The van der Waals surface area contributed by atoms with E-state index in [1.807, 2.05) is 11.6 Å². The van der Waals surface area contributed by atoms with Gasteiger partial charge in [0.25, 0.3) is 11.8 Å². The van der Waals surface area contributed by atoms with E-state index in [4.69, 9.17) is 9.84 Å². The molecule has 1 aromatic rings. The Morgan fingerprint density at radius 3 is 2.53 bits per heavy atom.